The summed E-state index contributed by atoms with van der Waals surface area (Å²) in [5.41, 5.74) is 2.34. The molecule has 0 saturated carbocycles. The molecule has 0 aliphatic carbocycles. The lowest BCUT2D eigenvalue weighted by molar-refractivity contribution is -0.128. The molecule has 228 valence electrons. The van der Waals surface area contributed by atoms with Crippen molar-refractivity contribution in [3.05, 3.63) is 94.6 Å². The maximum Gasteiger partial charge on any atom is 0.354 e. The zero-order valence-corrected chi connectivity index (χ0v) is 25.5. The molecule has 10 heteroatoms. The summed E-state index contributed by atoms with van der Waals surface area (Å²) in [5.74, 6) is -0.0961. The minimum atomic E-state index is -0.584. The van der Waals surface area contributed by atoms with Gasteiger partial charge in [-0.05, 0) is 49.8 Å². The van der Waals surface area contributed by atoms with Crippen molar-refractivity contribution in [2.75, 3.05) is 29.4 Å². The molecule has 2 aliphatic rings. The lowest BCUT2D eigenvalue weighted by Crippen LogP contribution is -2.58. The highest BCUT2D eigenvalue weighted by atomic mass is 19.1. The Bertz CT molecular complexity index is 1840. The minimum absolute atomic E-state index is 0.114. The van der Waals surface area contributed by atoms with E-state index in [4.69, 9.17) is 0 Å². The smallest absolute Gasteiger partial charge is 0.354 e. The topological polar surface area (TPSA) is 94.8 Å². The maximum absolute atomic E-state index is 15.7. The molecular formula is C34H37FN6O3. The largest absolute Gasteiger partial charge is 0.508 e. The van der Waals surface area contributed by atoms with Gasteiger partial charge in [0.1, 0.15) is 17.3 Å². The monoisotopic (exact) mass is 596 g/mol. The van der Waals surface area contributed by atoms with Gasteiger partial charge in [0, 0.05) is 60.6 Å². The van der Waals surface area contributed by atoms with Crippen LogP contribution in [-0.4, -0.2) is 62.2 Å². The zero-order valence-electron chi connectivity index (χ0n) is 25.5. The zero-order chi connectivity index (χ0) is 31.3. The molecule has 0 radical (unpaired) electrons. The van der Waals surface area contributed by atoms with Gasteiger partial charge in [0.15, 0.2) is 5.82 Å². The van der Waals surface area contributed by atoms with Crippen molar-refractivity contribution in [3.8, 4) is 11.4 Å². The highest BCUT2D eigenvalue weighted by Crippen LogP contribution is 2.37. The molecular weight excluding hydrogens is 559 g/mol. The number of phenolic OH excluding ortho intramolecular Hbond substituents is 1. The average molecular weight is 597 g/mol. The first kappa shape index (κ1) is 29.3. The molecule has 0 spiro atoms. The van der Waals surface area contributed by atoms with Crippen molar-refractivity contribution in [1.82, 2.24) is 19.4 Å². The number of fused-ring (bicyclic) bond motifs is 2. The molecule has 2 aliphatic heterocycles. The quantitative estimate of drug-likeness (QED) is 0.327. The number of hydrogen-bond donors (Lipinski definition) is 1. The molecule has 44 heavy (non-hydrogen) atoms. The predicted molar refractivity (Wildman–Crippen MR) is 170 cm³/mol. The number of carbonyl (C=O) groups is 1. The number of amides is 1. The minimum Gasteiger partial charge on any atom is -0.508 e. The summed E-state index contributed by atoms with van der Waals surface area (Å²) in [6.45, 7) is 13.3. The summed E-state index contributed by atoms with van der Waals surface area (Å²) in [7, 11) is 0. The Balaban J connectivity index is 1.54. The van der Waals surface area contributed by atoms with Crippen molar-refractivity contribution >= 4 is 28.2 Å². The van der Waals surface area contributed by atoms with Crippen molar-refractivity contribution in [1.29, 1.82) is 0 Å². The number of carbonyl (C=O) groups excluding carboxylic acids is 1. The second kappa shape index (κ2) is 11.4. The van der Waals surface area contributed by atoms with Gasteiger partial charge in [-0.15, -0.1) is 0 Å². The molecule has 4 aromatic rings. The summed E-state index contributed by atoms with van der Waals surface area (Å²) in [6.07, 6.45) is 3.29. The number of benzene rings is 2. The number of rotatable bonds is 5. The van der Waals surface area contributed by atoms with E-state index < -0.39 is 11.5 Å². The highest BCUT2D eigenvalue weighted by Gasteiger charge is 2.36. The molecule has 1 N–H and O–H groups in total. The van der Waals surface area contributed by atoms with E-state index in [0.29, 0.717) is 43.3 Å². The Morgan fingerprint density at radius 3 is 2.66 bits per heavy atom. The molecule has 1 amide bonds. The number of halogens is 1. The van der Waals surface area contributed by atoms with E-state index in [9.17, 15) is 14.7 Å². The van der Waals surface area contributed by atoms with Crippen LogP contribution in [0.5, 0.6) is 5.75 Å². The van der Waals surface area contributed by atoms with Crippen LogP contribution in [0.25, 0.3) is 16.5 Å². The number of nitrogens with zero attached hydrogens (tertiary/aromatic N) is 6. The Hall–Kier alpha value is -4.73. The molecule has 9 nitrogen and oxygen atoms in total. The highest BCUT2D eigenvalue weighted by molar-refractivity contribution is 5.95. The van der Waals surface area contributed by atoms with E-state index in [1.54, 1.807) is 17.0 Å². The van der Waals surface area contributed by atoms with E-state index >= 15 is 4.39 Å². The average Bonchev–Trinajstić information content (AvgIpc) is 3.00. The lowest BCUT2D eigenvalue weighted by atomic mass is 9.99. The van der Waals surface area contributed by atoms with Gasteiger partial charge in [-0.3, -0.25) is 14.3 Å². The van der Waals surface area contributed by atoms with Gasteiger partial charge in [-0.2, -0.15) is 4.98 Å². The van der Waals surface area contributed by atoms with Crippen LogP contribution in [0.4, 0.5) is 15.9 Å². The van der Waals surface area contributed by atoms with Crippen LogP contribution in [0, 0.1) is 5.82 Å². The van der Waals surface area contributed by atoms with E-state index in [2.05, 4.69) is 26.3 Å². The first-order valence-electron chi connectivity index (χ1n) is 15.0. The summed E-state index contributed by atoms with van der Waals surface area (Å²) >= 11 is 0. The van der Waals surface area contributed by atoms with Crippen LogP contribution >= 0.6 is 0 Å². The lowest BCUT2D eigenvalue weighted by Gasteiger charge is -2.45. The van der Waals surface area contributed by atoms with E-state index in [0.717, 1.165) is 22.0 Å². The molecule has 1 saturated heterocycles. The predicted octanol–water partition coefficient (Wildman–Crippen LogP) is 4.92. The van der Waals surface area contributed by atoms with Gasteiger partial charge in [-0.25, -0.2) is 9.18 Å². The number of hydrogen-bond acceptors (Lipinski definition) is 7. The fourth-order valence-corrected chi connectivity index (χ4v) is 6.66. The fourth-order valence-electron chi connectivity index (χ4n) is 6.66. The van der Waals surface area contributed by atoms with Crippen LogP contribution in [0.2, 0.25) is 0 Å². The first-order chi connectivity index (χ1) is 21.1. The molecule has 6 rings (SSSR count). The second-order valence-corrected chi connectivity index (χ2v) is 12.1. The van der Waals surface area contributed by atoms with Crippen LogP contribution in [0.3, 0.4) is 0 Å². The SMILES string of the molecule is C=CC(=O)N1C[C@H](C)N(c2nc(=O)n(-c3c(F)ccnc3C(C)C)c3c2CCN(c2cc(O)cc4ccccc24)C3)C[C@H]1C. The second-order valence-electron chi connectivity index (χ2n) is 12.1. The van der Waals surface area contributed by atoms with Crippen molar-refractivity contribution in [3.63, 3.8) is 0 Å². The summed E-state index contributed by atoms with van der Waals surface area (Å²) in [5, 5.41) is 12.5. The third-order valence-corrected chi connectivity index (χ3v) is 8.81. The van der Waals surface area contributed by atoms with Crippen molar-refractivity contribution < 1.29 is 14.3 Å². The number of phenols is 1. The van der Waals surface area contributed by atoms with Gasteiger partial charge in [0.05, 0.1) is 17.9 Å². The van der Waals surface area contributed by atoms with Gasteiger partial charge >= 0.3 is 5.69 Å². The van der Waals surface area contributed by atoms with Crippen molar-refractivity contribution in [2.45, 2.75) is 58.7 Å². The molecule has 1 fully saturated rings. The molecule has 0 unspecified atom stereocenters. The Morgan fingerprint density at radius 2 is 1.91 bits per heavy atom. The Kier molecular flexibility index (Phi) is 7.61. The van der Waals surface area contributed by atoms with Crippen LogP contribution < -0.4 is 15.5 Å². The van der Waals surface area contributed by atoms with Gasteiger partial charge in [-0.1, -0.05) is 44.7 Å². The van der Waals surface area contributed by atoms with E-state index in [1.807, 2.05) is 52.0 Å². The van der Waals surface area contributed by atoms with Crippen LogP contribution in [0.1, 0.15) is 50.6 Å². The summed E-state index contributed by atoms with van der Waals surface area (Å²) in [6, 6.07) is 12.3. The number of pyridine rings is 1. The molecule has 2 atom stereocenters. The van der Waals surface area contributed by atoms with Crippen LogP contribution in [-0.2, 0) is 17.8 Å². The third kappa shape index (κ3) is 4.98. The Morgan fingerprint density at radius 1 is 1.14 bits per heavy atom. The molecule has 0 bridgehead atoms. The third-order valence-electron chi connectivity index (χ3n) is 8.81. The van der Waals surface area contributed by atoms with Gasteiger partial charge < -0.3 is 19.8 Å². The molecule has 4 heterocycles. The van der Waals surface area contributed by atoms with Gasteiger partial charge in [0.25, 0.3) is 0 Å². The number of anilines is 2. The number of aromatic nitrogens is 3. The van der Waals surface area contributed by atoms with Gasteiger partial charge in [0.2, 0.25) is 5.91 Å². The number of aromatic hydroxyl groups is 1. The summed E-state index contributed by atoms with van der Waals surface area (Å²) in [4.78, 5) is 41.7. The van der Waals surface area contributed by atoms with E-state index in [-0.39, 0.29) is 41.9 Å². The molecule has 2 aromatic heterocycles. The van der Waals surface area contributed by atoms with Crippen LogP contribution in [0.15, 0.2) is 66.1 Å². The maximum atomic E-state index is 15.7. The molecule has 2 aromatic carbocycles. The van der Waals surface area contributed by atoms with Crippen molar-refractivity contribution in [2.24, 2.45) is 0 Å². The first-order valence-corrected chi connectivity index (χ1v) is 15.0. The fraction of sp³-hybridized carbons (Fsp3) is 0.353. The normalized spacial score (nSPS) is 18.5. The number of piperazine rings is 1. The van der Waals surface area contributed by atoms with E-state index in [1.165, 1.54) is 22.9 Å². The standard InChI is InChI=1S/C34H37FN6O3/c1-6-30(43)39-17-22(5)40(18-21(39)4)33-26-12-14-38(28-16-24(42)15-23-9-7-8-10-25(23)28)19-29(26)41(34(44)37-33)32-27(35)11-13-36-31(32)20(2)3/h6-11,13,15-16,20-22,42H,1,12,14,17-19H2,2-5H3/t21-,22+/m1/s1. The Labute approximate surface area is 255 Å². The summed E-state index contributed by atoms with van der Waals surface area (Å²) < 4.78 is 17.1.